The van der Waals surface area contributed by atoms with Crippen molar-refractivity contribution in [1.82, 2.24) is 0 Å². The molecule has 0 spiro atoms. The molecule has 0 aliphatic carbocycles. The summed E-state index contributed by atoms with van der Waals surface area (Å²) in [5.74, 6) is 0.131. The molecule has 0 atom stereocenters. The standard InChI is InChI=1S/C51H52NO2P2.3ClH/c1-35-8-20-42(21-9-35)55(43-22-10-36(2)11-23-43,44-24-12-37(3)13-25-44)33-49-48(32-53)51(54)41(7)52-50(49)34-56(45-26-14-38(4)15-27-45,46-28-16-39(5)17-29-46)47-30-18-40(6)19-31-47;;;/h8-31,53H,32-34H2,1-7H3;3*1H/q+1;;;/p-1. The van der Waals surface area contributed by atoms with E-state index in [2.05, 4.69) is 192 Å². The Morgan fingerprint density at radius 3 is 0.847 bits per heavy atom. The molecule has 306 valence electrons. The number of H-pyrrole nitrogens is 1. The predicted molar refractivity (Wildman–Crippen MR) is 241 cm³/mol. The van der Waals surface area contributed by atoms with E-state index in [-0.39, 0.29) is 49.6 Å². The van der Waals surface area contributed by atoms with Crippen LogP contribution in [0.2, 0.25) is 0 Å². The van der Waals surface area contributed by atoms with Crippen LogP contribution in [0.15, 0.2) is 146 Å². The van der Waals surface area contributed by atoms with Gasteiger partial charge in [-0.25, -0.2) is 4.98 Å². The number of aromatic nitrogens is 1. The highest BCUT2D eigenvalue weighted by Gasteiger charge is 2.52. The van der Waals surface area contributed by atoms with E-state index in [1.54, 1.807) is 0 Å². The van der Waals surface area contributed by atoms with Crippen molar-refractivity contribution in [3.63, 3.8) is 0 Å². The molecule has 3 N–H and O–H groups in total. The smallest absolute Gasteiger partial charge is 0.226 e. The first-order chi connectivity index (χ1) is 26.9. The molecule has 3 nitrogen and oxygen atoms in total. The van der Waals surface area contributed by atoms with Gasteiger partial charge in [-0.05, 0) is 114 Å². The number of hydrogen-bond donors (Lipinski definition) is 2. The third-order valence-electron chi connectivity index (χ3n) is 11.5. The van der Waals surface area contributed by atoms with Crippen molar-refractivity contribution in [2.75, 3.05) is 0 Å². The first kappa shape index (κ1) is 47.6. The normalized spacial score (nSPS) is 11.3. The first-order valence-corrected chi connectivity index (χ1v) is 23.5. The van der Waals surface area contributed by atoms with E-state index in [0.29, 0.717) is 23.6 Å². The summed E-state index contributed by atoms with van der Waals surface area (Å²) < 4.78 is 0. The van der Waals surface area contributed by atoms with E-state index >= 15 is 0 Å². The van der Waals surface area contributed by atoms with Gasteiger partial charge in [0.05, 0.1) is 12.2 Å². The fourth-order valence-corrected chi connectivity index (χ4v) is 16.6. The molecule has 0 aliphatic heterocycles. The van der Waals surface area contributed by atoms with Crippen LogP contribution in [0.5, 0.6) is 5.75 Å². The van der Waals surface area contributed by atoms with Gasteiger partial charge in [-0.3, -0.25) is 0 Å². The summed E-state index contributed by atoms with van der Waals surface area (Å²) >= 11 is 0. The highest BCUT2D eigenvalue weighted by molar-refractivity contribution is 7.95. The monoisotopic (exact) mass is 879 g/mol. The highest BCUT2D eigenvalue weighted by Crippen LogP contribution is 2.62. The zero-order valence-corrected chi connectivity index (χ0v) is 39.0. The topological polar surface area (TPSA) is 54.6 Å². The van der Waals surface area contributed by atoms with Crippen molar-refractivity contribution < 1.29 is 52.4 Å². The van der Waals surface area contributed by atoms with Gasteiger partial charge in [0, 0.05) is 12.5 Å². The fourth-order valence-electron chi connectivity index (χ4n) is 8.12. The van der Waals surface area contributed by atoms with Crippen LogP contribution in [0.1, 0.15) is 55.9 Å². The lowest BCUT2D eigenvalue weighted by atomic mass is 10.1. The number of aryl methyl sites for hydroxylation is 7. The predicted octanol–water partition coefficient (Wildman–Crippen LogP) is -0.142. The third kappa shape index (κ3) is 9.48. The lowest BCUT2D eigenvalue weighted by molar-refractivity contribution is -0.399. The molecule has 0 saturated heterocycles. The Kier molecular flexibility index (Phi) is 16.2. The lowest BCUT2D eigenvalue weighted by Crippen LogP contribution is -3.00. The molecule has 0 bridgehead atoms. The van der Waals surface area contributed by atoms with E-state index in [1.165, 1.54) is 65.2 Å². The minimum absolute atomic E-state index is 0. The second-order valence-electron chi connectivity index (χ2n) is 15.6. The number of pyridine rings is 1. The molecule has 8 heteroatoms. The van der Waals surface area contributed by atoms with Crippen LogP contribution in [-0.2, 0) is 18.9 Å². The first-order valence-electron chi connectivity index (χ1n) is 19.5. The van der Waals surface area contributed by atoms with Crippen LogP contribution in [0.25, 0.3) is 0 Å². The Bertz CT molecular complexity index is 2230. The van der Waals surface area contributed by atoms with Gasteiger partial charge in [0.15, 0.2) is 11.9 Å². The Hall–Kier alpha value is -4.04. The second kappa shape index (κ2) is 20.0. The molecule has 0 radical (unpaired) electrons. The summed E-state index contributed by atoms with van der Waals surface area (Å²) in [4.78, 5) is 3.81. The molecular formula is C51H54Cl3NO2P2. The number of nitrogens with one attached hydrogen (secondary N) is 1. The number of aliphatic hydroxyl groups excluding tert-OH is 1. The molecule has 0 aliphatic rings. The maximum atomic E-state index is 11.9. The Morgan fingerprint density at radius 2 is 0.610 bits per heavy atom. The van der Waals surface area contributed by atoms with Crippen molar-refractivity contribution in [3.8, 4) is 5.75 Å². The summed E-state index contributed by atoms with van der Waals surface area (Å²) in [6.45, 7) is 14.5. The lowest BCUT2D eigenvalue weighted by Gasteiger charge is -2.30. The van der Waals surface area contributed by atoms with Crippen molar-refractivity contribution in [2.45, 2.75) is 67.4 Å². The summed E-state index contributed by atoms with van der Waals surface area (Å²) in [5.41, 5.74) is 10.6. The molecule has 6 aromatic carbocycles. The van der Waals surface area contributed by atoms with E-state index in [4.69, 9.17) is 0 Å². The molecule has 1 heterocycles. The number of rotatable bonds is 11. The number of benzene rings is 6. The summed E-state index contributed by atoms with van der Waals surface area (Å²) in [6, 6.07) is 54.6. The van der Waals surface area contributed by atoms with Crippen molar-refractivity contribution >= 4 is 46.4 Å². The summed E-state index contributed by atoms with van der Waals surface area (Å²) in [7, 11) is -4.88. The summed E-state index contributed by atoms with van der Waals surface area (Å²) in [5, 5.41) is 30.9. The maximum Gasteiger partial charge on any atom is 0.226 e. The Morgan fingerprint density at radius 1 is 0.373 bits per heavy atom. The second-order valence-corrected chi connectivity index (χ2v) is 22.6. The van der Waals surface area contributed by atoms with Gasteiger partial charge in [-0.15, -0.1) is 0 Å². The fraction of sp³-hybridized carbons (Fsp3) is 0.196. The molecule has 1 aromatic heterocycles. The number of aromatic amines is 1. The van der Waals surface area contributed by atoms with Crippen molar-refractivity contribution in [3.05, 3.63) is 201 Å². The Balaban J connectivity index is 0.00000256. The van der Waals surface area contributed by atoms with Gasteiger partial charge in [-0.2, -0.15) is 0 Å². The largest absolute Gasteiger partial charge is 1.00 e. The average Bonchev–Trinajstić information content (AvgIpc) is 3.20. The quantitative estimate of drug-likeness (QED) is 0.178. The zero-order valence-electron chi connectivity index (χ0n) is 34.9. The van der Waals surface area contributed by atoms with Crippen LogP contribution in [0.3, 0.4) is 0 Å². The number of aromatic hydroxyl groups is 1. The zero-order chi connectivity index (χ0) is 39.6. The van der Waals surface area contributed by atoms with E-state index in [1.807, 2.05) is 6.92 Å². The van der Waals surface area contributed by atoms with Crippen molar-refractivity contribution in [1.29, 1.82) is 0 Å². The molecule has 0 fully saturated rings. The van der Waals surface area contributed by atoms with Gasteiger partial charge in [0.2, 0.25) is 11.4 Å². The molecule has 59 heavy (non-hydrogen) atoms. The molecule has 7 aromatic rings. The number of hydrogen-bond acceptors (Lipinski definition) is 2. The molecule has 0 saturated carbocycles. The van der Waals surface area contributed by atoms with Gasteiger partial charge in [-0.1, -0.05) is 106 Å². The summed E-state index contributed by atoms with van der Waals surface area (Å²) in [6.07, 6.45) is 1.30. The van der Waals surface area contributed by atoms with Crippen LogP contribution >= 0.6 is 14.5 Å². The van der Waals surface area contributed by atoms with Gasteiger partial charge >= 0.3 is 0 Å². The molecule has 0 unspecified atom stereocenters. The maximum absolute atomic E-state index is 11.9. The van der Waals surface area contributed by atoms with Crippen LogP contribution in [0.4, 0.5) is 0 Å². The van der Waals surface area contributed by atoms with E-state index in [0.717, 1.165) is 11.3 Å². The number of aliphatic hydroxyl groups is 1. The SMILES string of the molecule is Cc1ccc([P+](Cc2[nH+]c(C)c(O)c(CO)c2C[P+](c2ccc(C)cc2)(c2ccc(C)cc2)c2ccc(C)cc2)(c2ccc(C)cc2)c2ccc(C)cc2)cc1.[Cl-].[Cl-].[Cl-]. The Labute approximate surface area is 371 Å². The molecular weight excluding hydrogens is 827 g/mol. The van der Waals surface area contributed by atoms with Crippen LogP contribution in [-0.4, -0.2) is 10.2 Å². The van der Waals surface area contributed by atoms with Crippen LogP contribution in [0, 0.1) is 48.5 Å². The average molecular weight is 881 g/mol. The minimum Gasteiger partial charge on any atom is -1.00 e. The van der Waals surface area contributed by atoms with Crippen molar-refractivity contribution in [2.24, 2.45) is 0 Å². The molecule has 0 amide bonds. The van der Waals surface area contributed by atoms with E-state index < -0.39 is 14.5 Å². The number of halogens is 3. The van der Waals surface area contributed by atoms with Gasteiger partial charge in [0.25, 0.3) is 0 Å². The minimum atomic E-state index is -2.47. The highest BCUT2D eigenvalue weighted by atomic mass is 35.5. The van der Waals surface area contributed by atoms with Crippen LogP contribution < -0.4 is 74.0 Å². The molecule has 7 rings (SSSR count). The van der Waals surface area contributed by atoms with Gasteiger partial charge < -0.3 is 47.4 Å². The van der Waals surface area contributed by atoms with E-state index in [9.17, 15) is 10.2 Å². The third-order valence-corrected chi connectivity index (χ3v) is 20.2. The van der Waals surface area contributed by atoms with Gasteiger partial charge in [0.1, 0.15) is 52.5 Å².